The number of Topliss-reactive ketones (excluding diaryl/α,β-unsaturated/α-hetero) is 2. The second kappa shape index (κ2) is 6.97. The van der Waals surface area contributed by atoms with Crippen molar-refractivity contribution < 1.29 is 32.7 Å². The second-order valence-corrected chi connectivity index (χ2v) is 2.57. The van der Waals surface area contributed by atoms with Crippen molar-refractivity contribution in [2.24, 2.45) is 0 Å². The quantitative estimate of drug-likeness (QED) is 0.744. The molecule has 0 amide bonds. The number of rotatable bonds is 3. The molecule has 0 aromatic heterocycles. The largest absolute Gasteiger partial charge is 0.490 e. The minimum Gasteiger partial charge on any atom is -0.475 e. The molecule has 0 aromatic rings. The normalized spacial score (nSPS) is 9.93. The van der Waals surface area contributed by atoms with Gasteiger partial charge in [0.2, 0.25) is 0 Å². The zero-order chi connectivity index (χ0) is 12.6. The van der Waals surface area contributed by atoms with E-state index in [0.29, 0.717) is 6.42 Å². The van der Waals surface area contributed by atoms with E-state index >= 15 is 0 Å². The van der Waals surface area contributed by atoms with E-state index < -0.39 is 12.1 Å². The molecular weight excluding hydrogens is 217 g/mol. The van der Waals surface area contributed by atoms with Crippen LogP contribution in [0.1, 0.15) is 26.7 Å². The lowest BCUT2D eigenvalue weighted by atomic mass is 10.2. The number of hydrogen-bond acceptors (Lipinski definition) is 3. The van der Waals surface area contributed by atoms with Gasteiger partial charge in [-0.3, -0.25) is 9.59 Å². The van der Waals surface area contributed by atoms with Crippen molar-refractivity contribution >= 4 is 17.5 Å². The van der Waals surface area contributed by atoms with Gasteiger partial charge < -0.3 is 5.11 Å². The smallest absolute Gasteiger partial charge is 0.475 e. The average molecular weight is 228 g/mol. The average Bonchev–Trinajstić information content (AvgIpc) is 2.02. The van der Waals surface area contributed by atoms with Gasteiger partial charge in [-0.1, -0.05) is 6.92 Å². The van der Waals surface area contributed by atoms with Crippen LogP contribution in [0, 0.1) is 0 Å². The van der Waals surface area contributed by atoms with Crippen molar-refractivity contribution in [3.8, 4) is 0 Å². The van der Waals surface area contributed by atoms with Crippen LogP contribution in [-0.2, 0) is 14.4 Å². The molecule has 7 heteroatoms. The van der Waals surface area contributed by atoms with Gasteiger partial charge in [0.15, 0.2) is 0 Å². The Hall–Kier alpha value is -1.40. The van der Waals surface area contributed by atoms with Gasteiger partial charge in [-0.2, -0.15) is 13.2 Å². The molecule has 0 spiro atoms. The van der Waals surface area contributed by atoms with Crippen LogP contribution in [0.25, 0.3) is 0 Å². The third-order valence-electron chi connectivity index (χ3n) is 1.08. The molecule has 0 bridgehead atoms. The van der Waals surface area contributed by atoms with Crippen LogP contribution in [0.15, 0.2) is 0 Å². The molecule has 88 valence electrons. The lowest BCUT2D eigenvalue weighted by Crippen LogP contribution is -2.21. The Kier molecular flexibility index (Phi) is 7.45. The van der Waals surface area contributed by atoms with Crippen molar-refractivity contribution in [1.82, 2.24) is 0 Å². The first-order chi connectivity index (χ1) is 6.61. The summed E-state index contributed by atoms with van der Waals surface area (Å²) in [5.74, 6) is -2.78. The monoisotopic (exact) mass is 228 g/mol. The van der Waals surface area contributed by atoms with Crippen molar-refractivity contribution in [3.63, 3.8) is 0 Å². The molecule has 0 saturated heterocycles. The van der Waals surface area contributed by atoms with E-state index in [0.717, 1.165) is 0 Å². The first-order valence-corrected chi connectivity index (χ1v) is 3.92. The molecule has 0 radical (unpaired) electrons. The van der Waals surface area contributed by atoms with Gasteiger partial charge in [-0.25, -0.2) is 4.79 Å². The van der Waals surface area contributed by atoms with Crippen LogP contribution in [0.2, 0.25) is 0 Å². The summed E-state index contributed by atoms with van der Waals surface area (Å²) >= 11 is 0. The molecular formula is C8H11F3O4. The Balaban J connectivity index is 0. The molecule has 0 aliphatic rings. The van der Waals surface area contributed by atoms with Gasteiger partial charge in [0.25, 0.3) is 0 Å². The van der Waals surface area contributed by atoms with E-state index in [9.17, 15) is 22.8 Å². The number of carbonyl (C=O) groups is 3. The SMILES string of the molecule is CCC(=O)CC(C)=O.O=C(O)C(F)(F)F. The second-order valence-electron chi connectivity index (χ2n) is 2.57. The number of alkyl halides is 3. The molecule has 0 unspecified atom stereocenters. The van der Waals surface area contributed by atoms with Crippen LogP contribution in [0.5, 0.6) is 0 Å². The van der Waals surface area contributed by atoms with Gasteiger partial charge in [0.1, 0.15) is 11.6 Å². The van der Waals surface area contributed by atoms with E-state index in [1.807, 2.05) is 0 Å². The number of halogens is 3. The van der Waals surface area contributed by atoms with Crippen molar-refractivity contribution in [2.45, 2.75) is 32.9 Å². The summed E-state index contributed by atoms with van der Waals surface area (Å²) in [7, 11) is 0. The zero-order valence-corrected chi connectivity index (χ0v) is 8.22. The molecule has 15 heavy (non-hydrogen) atoms. The summed E-state index contributed by atoms with van der Waals surface area (Å²) in [4.78, 5) is 29.5. The van der Waals surface area contributed by atoms with Crippen molar-refractivity contribution in [1.29, 1.82) is 0 Å². The van der Waals surface area contributed by atoms with Crippen LogP contribution >= 0.6 is 0 Å². The Bertz CT molecular complexity index is 245. The van der Waals surface area contributed by atoms with E-state index in [-0.39, 0.29) is 18.0 Å². The first-order valence-electron chi connectivity index (χ1n) is 3.92. The highest BCUT2D eigenvalue weighted by atomic mass is 19.4. The Morgan fingerprint density at radius 1 is 1.20 bits per heavy atom. The highest BCUT2D eigenvalue weighted by Gasteiger charge is 2.38. The molecule has 0 rings (SSSR count). The Morgan fingerprint density at radius 2 is 1.53 bits per heavy atom. The lowest BCUT2D eigenvalue weighted by molar-refractivity contribution is -0.192. The maximum absolute atomic E-state index is 10.6. The number of aliphatic carboxylic acids is 1. The minimum atomic E-state index is -5.08. The zero-order valence-electron chi connectivity index (χ0n) is 8.22. The standard InChI is InChI=1S/C6H10O2.C2HF3O2/c1-3-6(8)4-5(2)7;3-2(4,5)1(6)7/h3-4H2,1-2H3;(H,6,7). The summed E-state index contributed by atoms with van der Waals surface area (Å²) in [6.45, 7) is 3.18. The maximum atomic E-state index is 10.6. The fourth-order valence-corrected chi connectivity index (χ4v) is 0.403. The number of hydrogen-bond donors (Lipinski definition) is 1. The predicted molar refractivity (Wildman–Crippen MR) is 44.3 cm³/mol. The van der Waals surface area contributed by atoms with E-state index in [1.165, 1.54) is 6.92 Å². The molecule has 0 saturated carbocycles. The summed E-state index contributed by atoms with van der Waals surface area (Å²) in [6.07, 6.45) is -4.50. The van der Waals surface area contributed by atoms with Gasteiger partial charge in [-0.15, -0.1) is 0 Å². The number of carbonyl (C=O) groups excluding carboxylic acids is 2. The predicted octanol–water partition coefficient (Wildman–Crippen LogP) is 1.58. The lowest BCUT2D eigenvalue weighted by Gasteiger charge is -1.93. The van der Waals surface area contributed by atoms with Crippen LogP contribution in [0.4, 0.5) is 13.2 Å². The van der Waals surface area contributed by atoms with E-state index in [2.05, 4.69) is 0 Å². The third-order valence-corrected chi connectivity index (χ3v) is 1.08. The highest BCUT2D eigenvalue weighted by Crippen LogP contribution is 2.13. The molecule has 0 aliphatic heterocycles. The summed E-state index contributed by atoms with van der Waals surface area (Å²) in [5, 5.41) is 7.12. The molecule has 1 N–H and O–H groups in total. The fourth-order valence-electron chi connectivity index (χ4n) is 0.403. The third kappa shape index (κ3) is 12.6. The summed E-state index contributed by atoms with van der Waals surface area (Å²) in [6, 6.07) is 0. The first kappa shape index (κ1) is 16.0. The van der Waals surface area contributed by atoms with E-state index in [1.54, 1.807) is 6.92 Å². The van der Waals surface area contributed by atoms with Gasteiger partial charge in [0, 0.05) is 6.42 Å². The number of carboxylic acid groups (broad SMARTS) is 1. The van der Waals surface area contributed by atoms with Crippen molar-refractivity contribution in [2.75, 3.05) is 0 Å². The number of carboxylic acids is 1. The summed E-state index contributed by atoms with van der Waals surface area (Å²) in [5.41, 5.74) is 0. The molecule has 0 fully saturated rings. The summed E-state index contributed by atoms with van der Waals surface area (Å²) < 4.78 is 31.7. The topological polar surface area (TPSA) is 71.4 Å². The van der Waals surface area contributed by atoms with Crippen LogP contribution in [0.3, 0.4) is 0 Å². The molecule has 0 aliphatic carbocycles. The number of ketones is 2. The Morgan fingerprint density at radius 3 is 1.60 bits per heavy atom. The fraction of sp³-hybridized carbons (Fsp3) is 0.625. The highest BCUT2D eigenvalue weighted by molar-refractivity contribution is 5.97. The van der Waals surface area contributed by atoms with Crippen molar-refractivity contribution in [3.05, 3.63) is 0 Å². The van der Waals surface area contributed by atoms with Crippen LogP contribution < -0.4 is 0 Å². The van der Waals surface area contributed by atoms with Gasteiger partial charge in [-0.05, 0) is 6.92 Å². The maximum Gasteiger partial charge on any atom is 0.490 e. The van der Waals surface area contributed by atoms with Gasteiger partial charge in [0.05, 0.1) is 6.42 Å². The minimum absolute atomic E-state index is 0.0255. The van der Waals surface area contributed by atoms with E-state index in [4.69, 9.17) is 9.90 Å². The molecule has 0 aromatic carbocycles. The molecule has 0 atom stereocenters. The Labute approximate surface area is 84.1 Å². The van der Waals surface area contributed by atoms with Gasteiger partial charge >= 0.3 is 12.1 Å². The molecule has 4 nitrogen and oxygen atoms in total. The van der Waals surface area contributed by atoms with Crippen LogP contribution in [-0.4, -0.2) is 28.8 Å². The molecule has 0 heterocycles.